The number of hydrogen-bond acceptors (Lipinski definition) is 7. The van der Waals surface area contributed by atoms with Crippen molar-refractivity contribution in [1.82, 2.24) is 24.5 Å². The summed E-state index contributed by atoms with van der Waals surface area (Å²) in [5, 5.41) is 3.95. The monoisotopic (exact) mass is 539 g/mol. The summed E-state index contributed by atoms with van der Waals surface area (Å²) in [4.78, 5) is 30.7. The Hall–Kier alpha value is -4.81. The molecule has 0 aliphatic heterocycles. The number of fused-ring (bicyclic) bond motifs is 1. The molecule has 5 aromatic rings. The Labute approximate surface area is 228 Å². The molecule has 0 atom stereocenters. The average Bonchev–Trinajstić information content (AvgIpc) is 2.93. The van der Waals surface area contributed by atoms with E-state index < -0.39 is 5.82 Å². The van der Waals surface area contributed by atoms with E-state index in [1.807, 2.05) is 24.3 Å². The normalized spacial score (nSPS) is 10.7. The minimum Gasteiger partial charge on any atom is -0.382 e. The second-order valence-corrected chi connectivity index (χ2v) is 9.00. The Morgan fingerprint density at radius 3 is 2.72 bits per heavy atom. The first-order chi connectivity index (χ1) is 18.9. The predicted octanol–water partition coefficient (Wildman–Crippen LogP) is 4.56. The maximum atomic E-state index is 13.7. The van der Waals surface area contributed by atoms with E-state index in [4.69, 9.17) is 22.3 Å². The largest absolute Gasteiger partial charge is 0.382 e. The number of hydrogen-bond donors (Lipinski definition) is 2. The van der Waals surface area contributed by atoms with Gasteiger partial charge in [0.2, 0.25) is 0 Å². The van der Waals surface area contributed by atoms with Gasteiger partial charge < -0.3 is 11.1 Å². The molecule has 0 saturated heterocycles. The highest BCUT2D eigenvalue weighted by molar-refractivity contribution is 6.35. The summed E-state index contributed by atoms with van der Waals surface area (Å²) in [6.45, 7) is 2.42. The van der Waals surface area contributed by atoms with Crippen LogP contribution in [0.5, 0.6) is 0 Å². The third kappa shape index (κ3) is 5.56. The summed E-state index contributed by atoms with van der Waals surface area (Å²) in [6.07, 6.45) is 3.63. The molecule has 2 aromatic carbocycles. The summed E-state index contributed by atoms with van der Waals surface area (Å²) in [7, 11) is 0. The number of halogens is 2. The van der Waals surface area contributed by atoms with Crippen molar-refractivity contribution in [2.45, 2.75) is 19.8 Å². The molecule has 3 aromatic heterocycles. The summed E-state index contributed by atoms with van der Waals surface area (Å²) >= 11 is 6.40. The van der Waals surface area contributed by atoms with Crippen molar-refractivity contribution in [3.05, 3.63) is 111 Å². The summed E-state index contributed by atoms with van der Waals surface area (Å²) in [5.74, 6) is 6.49. The van der Waals surface area contributed by atoms with Crippen molar-refractivity contribution in [2.75, 3.05) is 17.6 Å². The molecule has 10 heteroatoms. The Kier molecular flexibility index (Phi) is 7.48. The Balaban J connectivity index is 1.48. The molecule has 0 amide bonds. The average molecular weight is 540 g/mol. The van der Waals surface area contributed by atoms with Gasteiger partial charge in [-0.3, -0.25) is 9.36 Å². The van der Waals surface area contributed by atoms with E-state index in [0.29, 0.717) is 57.5 Å². The van der Waals surface area contributed by atoms with Crippen LogP contribution in [0.15, 0.2) is 71.9 Å². The summed E-state index contributed by atoms with van der Waals surface area (Å²) in [5.41, 5.74) is 8.93. The zero-order valence-corrected chi connectivity index (χ0v) is 21.7. The lowest BCUT2D eigenvalue weighted by Gasteiger charge is -2.16. The fourth-order valence-corrected chi connectivity index (χ4v) is 4.36. The number of pyridine rings is 1. The van der Waals surface area contributed by atoms with Gasteiger partial charge in [0.05, 0.1) is 27.8 Å². The van der Waals surface area contributed by atoms with Crippen molar-refractivity contribution >= 4 is 34.1 Å². The maximum Gasteiger partial charge on any atom is 0.267 e. The van der Waals surface area contributed by atoms with E-state index in [0.717, 1.165) is 18.2 Å². The van der Waals surface area contributed by atoms with Crippen LogP contribution in [0.4, 0.5) is 16.0 Å². The number of anilines is 2. The number of aromatic nitrogens is 5. The molecule has 0 bridgehead atoms. The quantitative estimate of drug-likeness (QED) is 0.304. The smallest absolute Gasteiger partial charge is 0.267 e. The third-order valence-corrected chi connectivity index (χ3v) is 6.37. The van der Waals surface area contributed by atoms with Crippen LogP contribution in [0.3, 0.4) is 0 Å². The first-order valence-electron chi connectivity index (χ1n) is 12.2. The van der Waals surface area contributed by atoms with E-state index in [-0.39, 0.29) is 11.4 Å². The van der Waals surface area contributed by atoms with Gasteiger partial charge in [-0.15, -0.1) is 0 Å². The maximum absolute atomic E-state index is 13.7. The Morgan fingerprint density at radius 2 is 1.92 bits per heavy atom. The van der Waals surface area contributed by atoms with Crippen LogP contribution < -0.4 is 16.6 Å². The second-order valence-electron chi connectivity index (χ2n) is 8.60. The molecular formula is C29H23ClFN7O. The lowest BCUT2D eigenvalue weighted by molar-refractivity contribution is 0.621. The molecule has 0 aliphatic carbocycles. The highest BCUT2D eigenvalue weighted by Gasteiger charge is 2.16. The van der Waals surface area contributed by atoms with Crippen LogP contribution in [-0.2, 0) is 12.8 Å². The summed E-state index contributed by atoms with van der Waals surface area (Å²) in [6, 6.07) is 15.8. The molecule has 5 rings (SSSR count). The van der Waals surface area contributed by atoms with Crippen molar-refractivity contribution < 1.29 is 4.39 Å². The number of nitrogens with zero attached hydrogens (tertiary/aromatic N) is 5. The lowest BCUT2D eigenvalue weighted by atomic mass is 10.1. The van der Waals surface area contributed by atoms with Gasteiger partial charge in [0.1, 0.15) is 40.9 Å². The Bertz CT molecular complexity index is 1790. The molecule has 8 nitrogen and oxygen atoms in total. The fraction of sp³-hybridized carbons (Fsp3) is 0.138. The fourth-order valence-electron chi connectivity index (χ4n) is 4.11. The zero-order valence-electron chi connectivity index (χ0n) is 20.9. The number of benzene rings is 2. The minimum absolute atomic E-state index is 0.189. The standard InChI is InChI=1S/C29H23ClFN7O/c1-2-18-5-3-6-21(15-18)38-25(37-24-8-4-7-23(30)26(24)29(38)39)13-14-33-28-22(27(32)35-17-36-28)12-11-20-10-9-19(31)16-34-20/h3-10,15-17H,2,13-14H2,1H3,(H3,32,33,35,36). The van der Waals surface area contributed by atoms with Crippen molar-refractivity contribution in [3.8, 4) is 17.5 Å². The number of nitrogens with one attached hydrogen (secondary N) is 1. The van der Waals surface area contributed by atoms with Crippen molar-refractivity contribution in [1.29, 1.82) is 0 Å². The highest BCUT2D eigenvalue weighted by atomic mass is 35.5. The SMILES string of the molecule is CCc1cccc(-n2c(CCNc3ncnc(N)c3C#Cc3ccc(F)cn3)nc3cccc(Cl)c3c2=O)c1. The van der Waals surface area contributed by atoms with Crippen LogP contribution in [-0.4, -0.2) is 31.0 Å². The number of rotatable bonds is 6. The van der Waals surface area contributed by atoms with Gasteiger partial charge in [-0.05, 0) is 54.3 Å². The molecule has 0 fully saturated rings. The van der Waals surface area contributed by atoms with Crippen LogP contribution in [0.2, 0.25) is 5.02 Å². The molecule has 0 saturated carbocycles. The first-order valence-corrected chi connectivity index (χ1v) is 12.6. The predicted molar refractivity (Wildman–Crippen MR) is 151 cm³/mol. The van der Waals surface area contributed by atoms with E-state index in [1.165, 1.54) is 18.5 Å². The third-order valence-electron chi connectivity index (χ3n) is 6.05. The van der Waals surface area contributed by atoms with Crippen molar-refractivity contribution in [3.63, 3.8) is 0 Å². The number of nitrogen functional groups attached to an aromatic ring is 1. The van der Waals surface area contributed by atoms with E-state index in [9.17, 15) is 9.18 Å². The molecule has 3 N–H and O–H groups in total. The van der Waals surface area contributed by atoms with Gasteiger partial charge in [-0.25, -0.2) is 24.3 Å². The number of nitrogens with two attached hydrogens (primary N) is 1. The molecule has 0 radical (unpaired) electrons. The van der Waals surface area contributed by atoms with Crippen LogP contribution >= 0.6 is 11.6 Å². The van der Waals surface area contributed by atoms with Gasteiger partial charge in [0, 0.05) is 13.0 Å². The molecule has 0 spiro atoms. The molecule has 0 unspecified atom stereocenters. The second kappa shape index (κ2) is 11.3. The van der Waals surface area contributed by atoms with E-state index >= 15 is 0 Å². The zero-order chi connectivity index (χ0) is 27.4. The minimum atomic E-state index is -0.449. The number of aryl methyl sites for hydroxylation is 1. The lowest BCUT2D eigenvalue weighted by Crippen LogP contribution is -2.26. The Morgan fingerprint density at radius 1 is 1.08 bits per heavy atom. The molecule has 3 heterocycles. The summed E-state index contributed by atoms with van der Waals surface area (Å²) < 4.78 is 14.8. The van der Waals surface area contributed by atoms with Gasteiger partial charge in [0.15, 0.2) is 0 Å². The van der Waals surface area contributed by atoms with E-state index in [2.05, 4.69) is 39.0 Å². The van der Waals surface area contributed by atoms with Gasteiger partial charge in [-0.2, -0.15) is 0 Å². The molecule has 0 aliphatic rings. The molecular weight excluding hydrogens is 517 g/mol. The van der Waals surface area contributed by atoms with Crippen LogP contribution in [0.25, 0.3) is 16.6 Å². The molecule has 194 valence electrons. The van der Waals surface area contributed by atoms with Crippen LogP contribution in [0.1, 0.15) is 29.6 Å². The highest BCUT2D eigenvalue weighted by Crippen LogP contribution is 2.22. The van der Waals surface area contributed by atoms with Gasteiger partial charge in [-0.1, -0.05) is 42.6 Å². The topological polar surface area (TPSA) is 112 Å². The van der Waals surface area contributed by atoms with Crippen molar-refractivity contribution in [2.24, 2.45) is 0 Å². The van der Waals surface area contributed by atoms with Gasteiger partial charge in [0.25, 0.3) is 5.56 Å². The van der Waals surface area contributed by atoms with Gasteiger partial charge >= 0.3 is 0 Å². The first kappa shape index (κ1) is 25.8. The molecule has 39 heavy (non-hydrogen) atoms. The van der Waals surface area contributed by atoms with Crippen LogP contribution in [0, 0.1) is 17.7 Å². The van der Waals surface area contributed by atoms with E-state index in [1.54, 1.807) is 22.8 Å².